The van der Waals surface area contributed by atoms with E-state index in [4.69, 9.17) is 28.9 Å². The van der Waals surface area contributed by atoms with E-state index in [2.05, 4.69) is 20.9 Å². The highest BCUT2D eigenvalue weighted by Gasteiger charge is 2.12. The Balaban J connectivity index is 2.95. The van der Waals surface area contributed by atoms with Gasteiger partial charge < -0.3 is 5.73 Å². The van der Waals surface area contributed by atoms with Crippen molar-refractivity contribution in [3.8, 4) is 0 Å². The van der Waals surface area contributed by atoms with Gasteiger partial charge in [-0.2, -0.15) is 0 Å². The molecule has 0 aliphatic heterocycles. The zero-order chi connectivity index (χ0) is 9.59. The second kappa shape index (κ2) is 3.28. The number of aromatic nitrogens is 1. The lowest BCUT2D eigenvalue weighted by Gasteiger charge is -1.97. The zero-order valence-electron chi connectivity index (χ0n) is 6.14. The standard InChI is InChI=1S/C7H3BrCl2N2S/c8-2-1-3(9)4(10)6-5(2)12-7(11)13-6/h1H,(H2,11,12). The second-order valence-corrected chi connectivity index (χ2v) is 5.05. The van der Waals surface area contributed by atoms with Gasteiger partial charge in [-0.05, 0) is 22.0 Å². The number of anilines is 1. The summed E-state index contributed by atoms with van der Waals surface area (Å²) in [5.74, 6) is 0. The molecule has 0 saturated carbocycles. The normalized spacial score (nSPS) is 11.0. The number of hydrogen-bond acceptors (Lipinski definition) is 3. The molecule has 0 fully saturated rings. The minimum atomic E-state index is 0.486. The minimum Gasteiger partial charge on any atom is -0.375 e. The number of thiazole rings is 1. The fourth-order valence-corrected chi connectivity index (χ4v) is 3.09. The Morgan fingerprint density at radius 3 is 2.85 bits per heavy atom. The quantitative estimate of drug-likeness (QED) is 0.748. The summed E-state index contributed by atoms with van der Waals surface area (Å²) in [5, 5.41) is 1.50. The molecule has 0 unspecified atom stereocenters. The molecule has 0 bridgehead atoms. The van der Waals surface area contributed by atoms with Gasteiger partial charge in [-0.25, -0.2) is 4.98 Å². The molecule has 1 aromatic carbocycles. The van der Waals surface area contributed by atoms with Crippen LogP contribution in [-0.4, -0.2) is 4.98 Å². The number of nitrogens with two attached hydrogens (primary N) is 1. The Labute approximate surface area is 96.8 Å². The minimum absolute atomic E-state index is 0.486. The van der Waals surface area contributed by atoms with Crippen molar-refractivity contribution < 1.29 is 0 Å². The van der Waals surface area contributed by atoms with Gasteiger partial charge in [0.05, 0.1) is 20.3 Å². The highest BCUT2D eigenvalue weighted by molar-refractivity contribution is 9.10. The van der Waals surface area contributed by atoms with Crippen LogP contribution in [0.2, 0.25) is 10.0 Å². The van der Waals surface area contributed by atoms with Crippen LogP contribution in [0.5, 0.6) is 0 Å². The van der Waals surface area contributed by atoms with Crippen molar-refractivity contribution in [3.05, 3.63) is 20.6 Å². The number of benzene rings is 1. The summed E-state index contributed by atoms with van der Waals surface area (Å²) < 4.78 is 1.63. The van der Waals surface area contributed by atoms with Crippen LogP contribution >= 0.6 is 50.5 Å². The molecular formula is C7H3BrCl2N2S. The third kappa shape index (κ3) is 1.52. The van der Waals surface area contributed by atoms with Crippen molar-refractivity contribution in [2.45, 2.75) is 0 Å². The van der Waals surface area contributed by atoms with Crippen LogP contribution in [0.15, 0.2) is 10.5 Å². The first kappa shape index (κ1) is 9.52. The Hall–Kier alpha value is -0.0300. The molecule has 1 aromatic heterocycles. The van der Waals surface area contributed by atoms with Crippen molar-refractivity contribution in [1.29, 1.82) is 0 Å². The Bertz CT molecular complexity index is 483. The monoisotopic (exact) mass is 296 g/mol. The van der Waals surface area contributed by atoms with Gasteiger partial charge in [0.2, 0.25) is 0 Å². The average molecular weight is 298 g/mol. The first-order valence-corrected chi connectivity index (χ1v) is 5.65. The van der Waals surface area contributed by atoms with Crippen molar-refractivity contribution in [3.63, 3.8) is 0 Å². The van der Waals surface area contributed by atoms with E-state index in [0.717, 1.165) is 14.7 Å². The Morgan fingerprint density at radius 2 is 2.15 bits per heavy atom. The van der Waals surface area contributed by atoms with Gasteiger partial charge in [-0.3, -0.25) is 0 Å². The van der Waals surface area contributed by atoms with E-state index in [1.165, 1.54) is 11.3 Å². The highest BCUT2D eigenvalue weighted by atomic mass is 79.9. The lowest BCUT2D eigenvalue weighted by Crippen LogP contribution is -1.80. The Morgan fingerprint density at radius 1 is 1.46 bits per heavy atom. The SMILES string of the molecule is Nc1nc2c(Br)cc(Cl)c(Cl)c2s1. The molecule has 0 saturated heterocycles. The molecule has 0 aliphatic rings. The zero-order valence-corrected chi connectivity index (χ0v) is 10.1. The largest absolute Gasteiger partial charge is 0.375 e. The van der Waals surface area contributed by atoms with Crippen molar-refractivity contribution >= 4 is 65.8 Å². The van der Waals surface area contributed by atoms with Crippen molar-refractivity contribution in [1.82, 2.24) is 4.98 Å². The van der Waals surface area contributed by atoms with Crippen LogP contribution in [0.25, 0.3) is 10.2 Å². The summed E-state index contributed by atoms with van der Waals surface area (Å²) in [5.41, 5.74) is 6.32. The number of hydrogen-bond donors (Lipinski definition) is 1. The molecule has 2 N–H and O–H groups in total. The van der Waals surface area contributed by atoms with Gasteiger partial charge in [0.15, 0.2) is 5.13 Å². The van der Waals surface area contributed by atoms with E-state index in [1.54, 1.807) is 6.07 Å². The predicted molar refractivity (Wildman–Crippen MR) is 61.8 cm³/mol. The molecule has 68 valence electrons. The molecule has 13 heavy (non-hydrogen) atoms. The molecule has 2 aromatic rings. The lowest BCUT2D eigenvalue weighted by atomic mass is 10.3. The maximum atomic E-state index is 5.97. The summed E-state index contributed by atoms with van der Waals surface area (Å²) in [6.45, 7) is 0. The van der Waals surface area contributed by atoms with E-state index >= 15 is 0 Å². The average Bonchev–Trinajstić information content (AvgIpc) is 2.44. The molecule has 2 rings (SSSR count). The summed E-state index contributed by atoms with van der Waals surface area (Å²) in [4.78, 5) is 4.12. The fourth-order valence-electron chi connectivity index (χ4n) is 0.999. The van der Waals surface area contributed by atoms with E-state index in [1.807, 2.05) is 0 Å². The van der Waals surface area contributed by atoms with Gasteiger partial charge in [0, 0.05) is 4.47 Å². The lowest BCUT2D eigenvalue weighted by molar-refractivity contribution is 1.48. The topological polar surface area (TPSA) is 38.9 Å². The molecule has 1 heterocycles. The van der Waals surface area contributed by atoms with Crippen LogP contribution in [0.4, 0.5) is 5.13 Å². The molecule has 0 atom stereocenters. The van der Waals surface area contributed by atoms with E-state index in [0.29, 0.717) is 15.2 Å². The maximum absolute atomic E-state index is 5.97. The number of rotatable bonds is 0. The summed E-state index contributed by atoms with van der Waals surface area (Å²) >= 11 is 16.5. The van der Waals surface area contributed by atoms with Gasteiger partial charge in [0.25, 0.3) is 0 Å². The van der Waals surface area contributed by atoms with Gasteiger partial charge >= 0.3 is 0 Å². The molecule has 2 nitrogen and oxygen atoms in total. The number of nitrogens with zero attached hydrogens (tertiary/aromatic N) is 1. The van der Waals surface area contributed by atoms with Gasteiger partial charge in [-0.15, -0.1) is 0 Å². The first-order chi connectivity index (χ1) is 6.09. The van der Waals surface area contributed by atoms with Crippen molar-refractivity contribution in [2.75, 3.05) is 5.73 Å². The third-order valence-corrected chi connectivity index (χ3v) is 3.94. The number of nitrogen functional groups attached to an aromatic ring is 1. The van der Waals surface area contributed by atoms with Crippen LogP contribution in [-0.2, 0) is 0 Å². The van der Waals surface area contributed by atoms with Gasteiger partial charge in [-0.1, -0.05) is 34.5 Å². The maximum Gasteiger partial charge on any atom is 0.181 e. The third-order valence-electron chi connectivity index (χ3n) is 1.53. The first-order valence-electron chi connectivity index (χ1n) is 3.29. The smallest absolute Gasteiger partial charge is 0.181 e. The van der Waals surface area contributed by atoms with E-state index in [-0.39, 0.29) is 0 Å². The van der Waals surface area contributed by atoms with Crippen molar-refractivity contribution in [2.24, 2.45) is 0 Å². The molecule has 0 amide bonds. The summed E-state index contributed by atoms with van der Waals surface area (Å²) in [6.07, 6.45) is 0. The predicted octanol–water partition coefficient (Wildman–Crippen LogP) is 3.95. The second-order valence-electron chi connectivity index (χ2n) is 2.38. The molecule has 0 spiro atoms. The summed E-state index contributed by atoms with van der Waals surface area (Å²) in [6, 6.07) is 1.71. The van der Waals surface area contributed by atoms with E-state index < -0.39 is 0 Å². The number of halogens is 3. The fraction of sp³-hybridized carbons (Fsp3) is 0. The van der Waals surface area contributed by atoms with Crippen LogP contribution < -0.4 is 5.73 Å². The molecular weight excluding hydrogens is 295 g/mol. The number of fused-ring (bicyclic) bond motifs is 1. The summed E-state index contributed by atoms with van der Waals surface area (Å²) in [7, 11) is 0. The van der Waals surface area contributed by atoms with E-state index in [9.17, 15) is 0 Å². The van der Waals surface area contributed by atoms with Crippen LogP contribution in [0, 0.1) is 0 Å². The van der Waals surface area contributed by atoms with Gasteiger partial charge in [0.1, 0.15) is 0 Å². The molecule has 0 radical (unpaired) electrons. The molecule has 0 aliphatic carbocycles. The Kier molecular flexibility index (Phi) is 2.40. The molecule has 6 heteroatoms. The van der Waals surface area contributed by atoms with Crippen LogP contribution in [0.1, 0.15) is 0 Å². The highest BCUT2D eigenvalue weighted by Crippen LogP contribution is 2.39. The van der Waals surface area contributed by atoms with Crippen LogP contribution in [0.3, 0.4) is 0 Å².